The number of ether oxygens (including phenoxy) is 1. The highest BCUT2D eigenvalue weighted by Gasteiger charge is 2.33. The van der Waals surface area contributed by atoms with Gasteiger partial charge in [0.05, 0.1) is 7.11 Å². The van der Waals surface area contributed by atoms with Crippen LogP contribution in [0.3, 0.4) is 0 Å². The molecule has 0 bridgehead atoms. The van der Waals surface area contributed by atoms with Crippen LogP contribution in [0.4, 0.5) is 0 Å². The number of carbonyl (C=O) groups is 1. The van der Waals surface area contributed by atoms with Crippen LogP contribution in [0.2, 0.25) is 0 Å². The maximum absolute atomic E-state index is 12.9. The molecule has 22 heavy (non-hydrogen) atoms. The van der Waals surface area contributed by atoms with Gasteiger partial charge in [0.2, 0.25) is 10.0 Å². The summed E-state index contributed by atoms with van der Waals surface area (Å²) >= 11 is 1.09. The lowest BCUT2D eigenvalue weighted by molar-refractivity contribution is 0.0602. The first-order chi connectivity index (χ1) is 10.4. The molecule has 1 aliphatic heterocycles. The SMILES string of the molecule is COC(=O)c1sccc1S(=O)(=O)N1CCCCC(N(C)C)C1. The van der Waals surface area contributed by atoms with Gasteiger partial charge in [-0.3, -0.25) is 0 Å². The van der Waals surface area contributed by atoms with Gasteiger partial charge in [-0.25, -0.2) is 13.2 Å². The first kappa shape index (κ1) is 17.4. The zero-order chi connectivity index (χ0) is 16.3. The van der Waals surface area contributed by atoms with Crippen LogP contribution in [0, 0.1) is 0 Å². The second-order valence-electron chi connectivity index (χ2n) is 5.58. The Balaban J connectivity index is 2.33. The Hall–Kier alpha value is -0.960. The number of sulfonamides is 1. The summed E-state index contributed by atoms with van der Waals surface area (Å²) in [5.41, 5.74) is 0. The van der Waals surface area contributed by atoms with E-state index in [0.717, 1.165) is 30.6 Å². The van der Waals surface area contributed by atoms with Gasteiger partial charge in [0, 0.05) is 19.1 Å². The van der Waals surface area contributed by atoms with Crippen LogP contribution in [-0.4, -0.2) is 63.9 Å². The number of hydrogen-bond acceptors (Lipinski definition) is 6. The molecule has 1 atom stereocenters. The van der Waals surface area contributed by atoms with Crippen LogP contribution in [-0.2, 0) is 14.8 Å². The average Bonchev–Trinajstić information content (AvgIpc) is 2.83. The molecule has 1 aliphatic rings. The lowest BCUT2D eigenvalue weighted by atomic mass is 10.1. The second-order valence-corrected chi connectivity index (χ2v) is 8.40. The Morgan fingerprint density at radius 2 is 2.14 bits per heavy atom. The molecule has 6 nitrogen and oxygen atoms in total. The Bertz CT molecular complexity index is 625. The first-order valence-electron chi connectivity index (χ1n) is 7.20. The molecule has 2 rings (SSSR count). The zero-order valence-electron chi connectivity index (χ0n) is 13.1. The molecule has 1 aromatic rings. The summed E-state index contributed by atoms with van der Waals surface area (Å²) in [5.74, 6) is -0.604. The fourth-order valence-electron chi connectivity index (χ4n) is 2.61. The van der Waals surface area contributed by atoms with E-state index in [1.54, 1.807) is 5.38 Å². The van der Waals surface area contributed by atoms with Gasteiger partial charge in [0.15, 0.2) is 0 Å². The van der Waals surface area contributed by atoms with Crippen molar-refractivity contribution in [2.24, 2.45) is 0 Å². The van der Waals surface area contributed by atoms with E-state index >= 15 is 0 Å². The first-order valence-corrected chi connectivity index (χ1v) is 9.52. The molecule has 0 N–H and O–H groups in total. The summed E-state index contributed by atoms with van der Waals surface area (Å²) in [5, 5.41) is 1.61. The highest BCUT2D eigenvalue weighted by Crippen LogP contribution is 2.28. The van der Waals surface area contributed by atoms with E-state index in [4.69, 9.17) is 0 Å². The Labute approximate surface area is 135 Å². The quantitative estimate of drug-likeness (QED) is 0.776. The smallest absolute Gasteiger partial charge is 0.349 e. The molecule has 0 amide bonds. The third kappa shape index (κ3) is 3.51. The van der Waals surface area contributed by atoms with E-state index in [0.29, 0.717) is 13.1 Å². The summed E-state index contributed by atoms with van der Waals surface area (Å²) < 4.78 is 32.0. The summed E-state index contributed by atoms with van der Waals surface area (Å²) in [4.78, 5) is 14.0. The van der Waals surface area contributed by atoms with Crippen LogP contribution in [0.25, 0.3) is 0 Å². The number of carbonyl (C=O) groups excluding carboxylic acids is 1. The predicted octanol–water partition coefficient (Wildman–Crippen LogP) is 1.64. The van der Waals surface area contributed by atoms with Crippen molar-refractivity contribution < 1.29 is 17.9 Å². The standard InChI is InChI=1S/C14H22N2O4S2/c1-15(2)11-6-4-5-8-16(10-11)22(18,19)12-7-9-21-13(12)14(17)20-3/h7,9,11H,4-6,8,10H2,1-3H3. The van der Waals surface area contributed by atoms with Gasteiger partial charge in [-0.2, -0.15) is 4.31 Å². The largest absolute Gasteiger partial charge is 0.465 e. The van der Waals surface area contributed by atoms with Crippen molar-refractivity contribution >= 4 is 27.3 Å². The summed E-state index contributed by atoms with van der Waals surface area (Å²) in [6.45, 7) is 0.939. The van der Waals surface area contributed by atoms with Crippen LogP contribution in [0.5, 0.6) is 0 Å². The molecule has 1 saturated heterocycles. The van der Waals surface area contributed by atoms with Crippen molar-refractivity contribution in [1.29, 1.82) is 0 Å². The molecule has 1 fully saturated rings. The van der Waals surface area contributed by atoms with E-state index in [-0.39, 0.29) is 15.8 Å². The van der Waals surface area contributed by atoms with Crippen LogP contribution in [0.1, 0.15) is 28.9 Å². The van der Waals surface area contributed by atoms with Gasteiger partial charge in [-0.15, -0.1) is 11.3 Å². The molecular weight excluding hydrogens is 324 g/mol. The molecular formula is C14H22N2O4S2. The maximum Gasteiger partial charge on any atom is 0.349 e. The zero-order valence-corrected chi connectivity index (χ0v) is 14.7. The van der Waals surface area contributed by atoms with E-state index in [1.807, 2.05) is 14.1 Å². The molecule has 0 saturated carbocycles. The van der Waals surface area contributed by atoms with Crippen LogP contribution < -0.4 is 0 Å². The normalized spacial score (nSPS) is 20.8. The van der Waals surface area contributed by atoms with Gasteiger partial charge in [-0.1, -0.05) is 6.42 Å². The highest BCUT2D eigenvalue weighted by atomic mass is 32.2. The number of hydrogen-bond donors (Lipinski definition) is 0. The van der Waals surface area contributed by atoms with Crippen molar-refractivity contribution in [2.45, 2.75) is 30.2 Å². The topological polar surface area (TPSA) is 66.9 Å². The molecule has 2 heterocycles. The minimum absolute atomic E-state index is 0.0590. The monoisotopic (exact) mass is 346 g/mol. The Morgan fingerprint density at radius 1 is 1.41 bits per heavy atom. The minimum atomic E-state index is -3.68. The number of nitrogens with zero attached hydrogens (tertiary/aromatic N) is 2. The number of methoxy groups -OCH3 is 1. The van der Waals surface area contributed by atoms with E-state index in [2.05, 4.69) is 9.64 Å². The Morgan fingerprint density at radius 3 is 2.77 bits per heavy atom. The lowest BCUT2D eigenvalue weighted by Crippen LogP contribution is -2.42. The summed E-state index contributed by atoms with van der Waals surface area (Å²) in [7, 11) is 1.51. The van der Waals surface area contributed by atoms with E-state index < -0.39 is 16.0 Å². The molecule has 0 radical (unpaired) electrons. The number of esters is 1. The summed E-state index contributed by atoms with van der Waals surface area (Å²) in [6, 6.07) is 1.68. The van der Waals surface area contributed by atoms with Gasteiger partial charge >= 0.3 is 5.97 Å². The Kier molecular flexibility index (Phi) is 5.60. The van der Waals surface area contributed by atoms with Crippen molar-refractivity contribution in [2.75, 3.05) is 34.3 Å². The minimum Gasteiger partial charge on any atom is -0.465 e. The average molecular weight is 346 g/mol. The third-order valence-electron chi connectivity index (χ3n) is 3.96. The molecule has 0 spiro atoms. The number of thiophene rings is 1. The van der Waals surface area contributed by atoms with Crippen LogP contribution >= 0.6 is 11.3 Å². The van der Waals surface area contributed by atoms with Crippen molar-refractivity contribution in [3.05, 3.63) is 16.3 Å². The molecule has 124 valence electrons. The molecule has 0 aliphatic carbocycles. The lowest BCUT2D eigenvalue weighted by Gasteiger charge is -2.28. The van der Waals surface area contributed by atoms with Gasteiger partial charge in [0.25, 0.3) is 0 Å². The van der Waals surface area contributed by atoms with E-state index in [1.165, 1.54) is 17.5 Å². The fourth-order valence-corrected chi connectivity index (χ4v) is 5.43. The van der Waals surface area contributed by atoms with Gasteiger partial charge < -0.3 is 9.64 Å². The molecule has 1 unspecified atom stereocenters. The second kappa shape index (κ2) is 7.08. The fraction of sp³-hybridized carbons (Fsp3) is 0.643. The maximum atomic E-state index is 12.9. The highest BCUT2D eigenvalue weighted by molar-refractivity contribution is 7.89. The van der Waals surface area contributed by atoms with Gasteiger partial charge in [-0.05, 0) is 38.4 Å². The number of likely N-dealkylation sites (N-methyl/N-ethyl adjacent to an activating group) is 1. The molecule has 1 aromatic heterocycles. The number of rotatable bonds is 4. The van der Waals surface area contributed by atoms with Crippen LogP contribution in [0.15, 0.2) is 16.3 Å². The van der Waals surface area contributed by atoms with Crippen molar-refractivity contribution in [1.82, 2.24) is 9.21 Å². The summed E-state index contributed by atoms with van der Waals surface area (Å²) in [6.07, 6.45) is 2.82. The molecule has 0 aromatic carbocycles. The molecule has 8 heteroatoms. The third-order valence-corrected chi connectivity index (χ3v) is 6.89. The van der Waals surface area contributed by atoms with E-state index in [9.17, 15) is 13.2 Å². The van der Waals surface area contributed by atoms with Crippen molar-refractivity contribution in [3.63, 3.8) is 0 Å². The van der Waals surface area contributed by atoms with Crippen molar-refractivity contribution in [3.8, 4) is 0 Å². The predicted molar refractivity (Wildman–Crippen MR) is 85.7 cm³/mol. The van der Waals surface area contributed by atoms with Gasteiger partial charge in [0.1, 0.15) is 9.77 Å².